The van der Waals surface area contributed by atoms with Crippen molar-refractivity contribution in [2.24, 2.45) is 0 Å². The van der Waals surface area contributed by atoms with Gasteiger partial charge in [-0.15, -0.1) is 0 Å². The molecule has 2 heterocycles. The number of benzene rings is 1. The molecule has 14 heteroatoms. The lowest BCUT2D eigenvalue weighted by atomic mass is 9.98. The van der Waals surface area contributed by atoms with Crippen molar-refractivity contribution >= 4 is 34.8 Å². The zero-order valence-electron chi connectivity index (χ0n) is 27.4. The third-order valence-corrected chi connectivity index (χ3v) is 6.76. The molecule has 2 aromatic rings. The van der Waals surface area contributed by atoms with Crippen molar-refractivity contribution in [3.8, 4) is 17.2 Å². The molecule has 14 nitrogen and oxygen atoms in total. The largest absolute Gasteiger partial charge is 0.504 e. The number of hydrogen-bond acceptors (Lipinski definition) is 14. The maximum atomic E-state index is 12.8. The van der Waals surface area contributed by atoms with Crippen molar-refractivity contribution in [3.05, 3.63) is 51.9 Å². The standard InChI is InChI=1S/C33H40O14/c1-17(2)9-8-10-18(3)13-14-40-29-27(38)24-12-11-23(15-25(24)46-32(29)39)45-33-31(44-22(7)37)30(43-21(6)36)28(42-20(5)35)26(47-33)16-41-19(4)34/h9,11-13,15,26,28,30-31,33,38H,8,10,14,16H2,1-7H3/b18-13+/t26-,28-,30+,31-,33-/m1/s1. The highest BCUT2D eigenvalue weighted by Gasteiger charge is 2.53. The highest BCUT2D eigenvalue weighted by Crippen LogP contribution is 2.35. The first-order chi connectivity index (χ1) is 22.2. The van der Waals surface area contributed by atoms with Crippen molar-refractivity contribution in [1.82, 2.24) is 0 Å². The van der Waals surface area contributed by atoms with Crippen molar-refractivity contribution in [1.29, 1.82) is 0 Å². The Hall–Kier alpha value is -4.85. The van der Waals surface area contributed by atoms with E-state index in [1.165, 1.54) is 23.8 Å². The van der Waals surface area contributed by atoms with Crippen LogP contribution in [-0.2, 0) is 42.9 Å². The lowest BCUT2D eigenvalue weighted by molar-refractivity contribution is -0.288. The van der Waals surface area contributed by atoms with Gasteiger partial charge in [0.25, 0.3) is 0 Å². The highest BCUT2D eigenvalue weighted by atomic mass is 16.7. The molecule has 0 bridgehead atoms. The van der Waals surface area contributed by atoms with Crippen LogP contribution in [0.15, 0.2) is 50.7 Å². The predicted molar refractivity (Wildman–Crippen MR) is 165 cm³/mol. The number of allylic oxidation sites excluding steroid dienone is 3. The van der Waals surface area contributed by atoms with Crippen LogP contribution in [0.4, 0.5) is 0 Å². The Morgan fingerprint density at radius 3 is 2.11 bits per heavy atom. The molecule has 1 saturated heterocycles. The summed E-state index contributed by atoms with van der Waals surface area (Å²) in [5.74, 6) is -3.83. The molecule has 0 unspecified atom stereocenters. The molecule has 0 spiro atoms. The first kappa shape index (κ1) is 36.6. The van der Waals surface area contributed by atoms with Gasteiger partial charge in [0.15, 0.2) is 18.0 Å². The Kier molecular flexibility index (Phi) is 13.0. The minimum atomic E-state index is -1.51. The summed E-state index contributed by atoms with van der Waals surface area (Å²) in [4.78, 5) is 60.4. The minimum Gasteiger partial charge on any atom is -0.504 e. The normalized spacial score (nSPS) is 20.9. The van der Waals surface area contributed by atoms with E-state index in [4.69, 9.17) is 37.6 Å². The summed E-state index contributed by atoms with van der Waals surface area (Å²) >= 11 is 0. The van der Waals surface area contributed by atoms with Crippen LogP contribution in [-0.4, -0.2) is 72.9 Å². The smallest absolute Gasteiger partial charge is 0.383 e. The van der Waals surface area contributed by atoms with Crippen molar-refractivity contribution in [2.45, 2.75) is 92.0 Å². The minimum absolute atomic E-state index is 0.0181. The van der Waals surface area contributed by atoms with Crippen LogP contribution in [0, 0.1) is 0 Å². The van der Waals surface area contributed by atoms with Gasteiger partial charge >= 0.3 is 29.5 Å². The number of carbonyl (C=O) groups excluding carboxylic acids is 4. The lowest BCUT2D eigenvalue weighted by Crippen LogP contribution is -2.63. The molecule has 1 aliphatic rings. The Labute approximate surface area is 271 Å². The molecule has 0 amide bonds. The number of rotatable bonds is 13. The van der Waals surface area contributed by atoms with Crippen molar-refractivity contribution in [3.63, 3.8) is 0 Å². The van der Waals surface area contributed by atoms with Gasteiger partial charge < -0.3 is 42.7 Å². The SMILES string of the molecule is CC(=O)OC[C@H]1O[C@@H](Oc2ccc3c(O)c(OC/C=C(\C)CCC=C(C)C)c(=O)oc3c2)[C@H](OC(C)=O)[C@@H](OC(C)=O)[C@@H]1OC(C)=O. The summed E-state index contributed by atoms with van der Waals surface area (Å²) in [7, 11) is 0. The maximum Gasteiger partial charge on any atom is 0.383 e. The molecule has 47 heavy (non-hydrogen) atoms. The molecule has 3 rings (SSSR count). The molecule has 0 aliphatic carbocycles. The molecule has 1 aliphatic heterocycles. The van der Waals surface area contributed by atoms with Crippen LogP contribution < -0.4 is 15.1 Å². The molecule has 1 fully saturated rings. The summed E-state index contributed by atoms with van der Waals surface area (Å²) < 4.78 is 44.1. The second-order valence-corrected chi connectivity index (χ2v) is 11.1. The maximum absolute atomic E-state index is 12.8. The first-order valence-electron chi connectivity index (χ1n) is 14.8. The van der Waals surface area contributed by atoms with Gasteiger partial charge in [-0.05, 0) is 51.8 Å². The van der Waals surface area contributed by atoms with Crippen LogP contribution in [0.2, 0.25) is 0 Å². The summed E-state index contributed by atoms with van der Waals surface area (Å²) in [5, 5.41) is 11.0. The van der Waals surface area contributed by atoms with Gasteiger partial charge in [0.05, 0.1) is 5.39 Å². The molecular formula is C33H40O14. The third kappa shape index (κ3) is 10.6. The Bertz CT molecular complexity index is 1580. The van der Waals surface area contributed by atoms with E-state index >= 15 is 0 Å². The zero-order valence-corrected chi connectivity index (χ0v) is 27.4. The van der Waals surface area contributed by atoms with Gasteiger partial charge in [-0.25, -0.2) is 4.79 Å². The lowest BCUT2D eigenvalue weighted by Gasteiger charge is -2.43. The molecule has 1 aromatic carbocycles. The average Bonchev–Trinajstić information content (AvgIpc) is 2.95. The Balaban J connectivity index is 1.91. The predicted octanol–water partition coefficient (Wildman–Crippen LogP) is 4.03. The fourth-order valence-corrected chi connectivity index (χ4v) is 4.72. The summed E-state index contributed by atoms with van der Waals surface area (Å²) in [6.07, 6.45) is -1.39. The first-order valence-corrected chi connectivity index (χ1v) is 14.8. The second-order valence-electron chi connectivity index (χ2n) is 11.1. The highest BCUT2D eigenvalue weighted by molar-refractivity contribution is 5.86. The van der Waals surface area contributed by atoms with E-state index in [1.807, 2.05) is 26.8 Å². The van der Waals surface area contributed by atoms with Crippen LogP contribution in [0.1, 0.15) is 61.3 Å². The molecule has 1 aromatic heterocycles. The zero-order chi connectivity index (χ0) is 34.8. The van der Waals surface area contributed by atoms with Crippen LogP contribution in [0.5, 0.6) is 17.2 Å². The van der Waals surface area contributed by atoms with E-state index < -0.39 is 72.6 Å². The molecule has 5 atom stereocenters. The average molecular weight is 661 g/mol. The van der Waals surface area contributed by atoms with E-state index in [0.29, 0.717) is 0 Å². The molecular weight excluding hydrogens is 620 g/mol. The van der Waals surface area contributed by atoms with Gasteiger partial charge in [-0.1, -0.05) is 17.2 Å². The van der Waals surface area contributed by atoms with E-state index in [-0.39, 0.29) is 29.1 Å². The van der Waals surface area contributed by atoms with E-state index in [2.05, 4.69) is 6.08 Å². The van der Waals surface area contributed by atoms with Crippen LogP contribution in [0.3, 0.4) is 0 Å². The number of hydrogen-bond donors (Lipinski definition) is 1. The fraction of sp³-hybridized carbons (Fsp3) is 0.485. The molecule has 0 radical (unpaired) electrons. The van der Waals surface area contributed by atoms with Crippen molar-refractivity contribution < 1.29 is 61.9 Å². The van der Waals surface area contributed by atoms with Crippen LogP contribution >= 0.6 is 0 Å². The van der Waals surface area contributed by atoms with Gasteiger partial charge in [0.1, 0.15) is 30.7 Å². The summed E-state index contributed by atoms with van der Waals surface area (Å²) in [6.45, 7) is 10.0. The second kappa shape index (κ2) is 16.6. The van der Waals surface area contributed by atoms with Gasteiger partial charge in [0.2, 0.25) is 18.1 Å². The van der Waals surface area contributed by atoms with Gasteiger partial charge in [-0.3, -0.25) is 19.2 Å². The molecule has 0 saturated carbocycles. The third-order valence-electron chi connectivity index (χ3n) is 6.76. The Morgan fingerprint density at radius 1 is 0.851 bits per heavy atom. The van der Waals surface area contributed by atoms with Crippen molar-refractivity contribution in [2.75, 3.05) is 13.2 Å². The molecule has 256 valence electrons. The fourth-order valence-electron chi connectivity index (χ4n) is 4.72. The number of fused-ring (bicyclic) bond motifs is 1. The number of carbonyl (C=O) groups is 4. The van der Waals surface area contributed by atoms with Gasteiger partial charge in [-0.2, -0.15) is 0 Å². The van der Waals surface area contributed by atoms with E-state index in [0.717, 1.165) is 46.1 Å². The quantitative estimate of drug-likeness (QED) is 0.141. The summed E-state index contributed by atoms with van der Waals surface area (Å²) in [5.41, 5.74) is 1.27. The van der Waals surface area contributed by atoms with E-state index in [9.17, 15) is 29.1 Å². The topological polar surface area (TPSA) is 183 Å². The molecule has 1 N–H and O–H groups in total. The van der Waals surface area contributed by atoms with Gasteiger partial charge in [0, 0.05) is 33.8 Å². The monoisotopic (exact) mass is 660 g/mol. The number of esters is 4. The number of aromatic hydroxyl groups is 1. The van der Waals surface area contributed by atoms with Crippen LogP contribution in [0.25, 0.3) is 11.0 Å². The Morgan fingerprint density at radius 2 is 1.49 bits per heavy atom. The summed E-state index contributed by atoms with van der Waals surface area (Å²) in [6, 6.07) is 4.09. The number of ether oxygens (including phenoxy) is 7. The van der Waals surface area contributed by atoms with E-state index in [1.54, 1.807) is 0 Å².